The summed E-state index contributed by atoms with van der Waals surface area (Å²) in [5, 5.41) is 0. The summed E-state index contributed by atoms with van der Waals surface area (Å²) in [5.74, 6) is 0. The van der Waals surface area contributed by atoms with Crippen LogP contribution in [-0.2, 0) is 0 Å². The first-order chi connectivity index (χ1) is 14.3. The van der Waals surface area contributed by atoms with Gasteiger partial charge < -0.3 is 78.9 Å². The molecule has 0 spiro atoms. The molecule has 1 heterocycles. The van der Waals surface area contributed by atoms with Crippen LogP contribution < -0.4 is 0 Å². The quantitative estimate of drug-likeness (QED) is 0.197. The SMILES string of the molecule is CCCCCCCN1C=CN(C)C1.F[B-](F)(F)F.F[B-](F)(F)F.F[B-](F)(F)F.F[B-](F)(F)F. The molecule has 2 nitrogen and oxygen atoms in total. The summed E-state index contributed by atoms with van der Waals surface area (Å²) >= 11 is 0. The summed E-state index contributed by atoms with van der Waals surface area (Å²) in [5.41, 5.74) is 0. The first-order valence-corrected chi connectivity index (χ1v) is 8.94. The molecular weight excluding hydrogens is 507 g/mol. The van der Waals surface area contributed by atoms with E-state index in [1.54, 1.807) is 0 Å². The maximum atomic E-state index is 9.75. The van der Waals surface area contributed by atoms with Crippen LogP contribution >= 0.6 is 0 Å². The molecule has 0 radical (unpaired) electrons. The molecule has 33 heavy (non-hydrogen) atoms. The molecule has 0 saturated heterocycles. The molecule has 0 aromatic rings. The molecule has 0 amide bonds. The van der Waals surface area contributed by atoms with Crippen LogP contribution in [0.5, 0.6) is 0 Å². The zero-order chi connectivity index (χ0) is 27.5. The monoisotopic (exact) mass is 530 g/mol. The average Bonchev–Trinajstić information content (AvgIpc) is 2.85. The molecule has 0 aromatic carbocycles. The normalized spacial score (nSPS) is 13.5. The van der Waals surface area contributed by atoms with Gasteiger partial charge in [-0.2, -0.15) is 0 Å². The summed E-state index contributed by atoms with van der Waals surface area (Å²) in [6.45, 7) is 4.57. The Morgan fingerprint density at radius 1 is 0.545 bits per heavy atom. The maximum Gasteiger partial charge on any atom is 0.673 e. The summed E-state index contributed by atoms with van der Waals surface area (Å²) < 4.78 is 156. The molecule has 0 bridgehead atoms. The number of unbranched alkanes of at least 4 members (excludes halogenated alkanes) is 4. The molecule has 0 atom stereocenters. The number of nitrogens with zero attached hydrogens (tertiary/aromatic N) is 2. The minimum Gasteiger partial charge on any atom is -0.418 e. The van der Waals surface area contributed by atoms with Gasteiger partial charge in [0, 0.05) is 26.0 Å². The van der Waals surface area contributed by atoms with Gasteiger partial charge in [-0.1, -0.05) is 32.6 Å². The number of halogens is 16. The van der Waals surface area contributed by atoms with Crippen molar-refractivity contribution in [2.75, 3.05) is 20.3 Å². The lowest BCUT2D eigenvalue weighted by Gasteiger charge is -2.17. The molecule has 0 fully saturated rings. The summed E-state index contributed by atoms with van der Waals surface area (Å²) in [4.78, 5) is 4.60. The number of hydrogen-bond acceptors (Lipinski definition) is 2. The van der Waals surface area contributed by atoms with E-state index in [9.17, 15) is 69.1 Å². The molecule has 1 rings (SSSR count). The molecular formula is C11H22B4F16N2-4. The second kappa shape index (κ2) is 18.9. The van der Waals surface area contributed by atoms with E-state index < -0.39 is 29.0 Å². The molecule has 0 unspecified atom stereocenters. The fourth-order valence-corrected chi connectivity index (χ4v) is 1.65. The lowest BCUT2D eigenvalue weighted by molar-refractivity contribution is 0.291. The lowest BCUT2D eigenvalue weighted by Crippen LogP contribution is -2.23. The molecule has 0 aromatic heterocycles. The van der Waals surface area contributed by atoms with Crippen LogP contribution in [0.1, 0.15) is 39.0 Å². The van der Waals surface area contributed by atoms with Crippen LogP contribution in [-0.4, -0.2) is 59.1 Å². The third-order valence-electron chi connectivity index (χ3n) is 2.49. The Bertz CT molecular complexity index is 393. The standard InChI is InChI=1S/C11H22N2.4BF4/c1-3-4-5-6-7-8-13-10-9-12(2)11-13;4*2-1(3,4)5/h9-10H,3-8,11H2,1-2H3;;;;/q;4*-1. The molecule has 22 heteroatoms. The Labute approximate surface area is 180 Å². The summed E-state index contributed by atoms with van der Waals surface area (Å²) in [6, 6.07) is 0. The van der Waals surface area contributed by atoms with E-state index in [1.807, 2.05) is 0 Å². The molecule has 1 aliphatic heterocycles. The predicted octanol–water partition coefficient (Wildman–Crippen LogP) is 7.83. The van der Waals surface area contributed by atoms with E-state index in [0.29, 0.717) is 0 Å². The highest BCUT2D eigenvalue weighted by molar-refractivity contribution is 6.50. The van der Waals surface area contributed by atoms with E-state index in [0.717, 1.165) is 6.67 Å². The molecule has 0 saturated carbocycles. The van der Waals surface area contributed by atoms with Crippen LogP contribution in [0.3, 0.4) is 0 Å². The fourth-order valence-electron chi connectivity index (χ4n) is 1.65. The molecule has 204 valence electrons. The molecule has 0 aliphatic carbocycles. The molecule has 0 N–H and O–H groups in total. The first-order valence-electron chi connectivity index (χ1n) is 8.94. The third kappa shape index (κ3) is 118. The highest BCUT2D eigenvalue weighted by atomic mass is 19.5. The van der Waals surface area contributed by atoms with Gasteiger partial charge in [-0.05, 0) is 6.42 Å². The largest absolute Gasteiger partial charge is 0.673 e. The Kier molecular flexibility index (Phi) is 22.1. The topological polar surface area (TPSA) is 6.48 Å². The minimum atomic E-state index is -6.00. The van der Waals surface area contributed by atoms with Crippen molar-refractivity contribution >= 4 is 29.0 Å². The van der Waals surface area contributed by atoms with Gasteiger partial charge in [0.2, 0.25) is 0 Å². The van der Waals surface area contributed by atoms with E-state index >= 15 is 0 Å². The van der Waals surface area contributed by atoms with Crippen molar-refractivity contribution in [3.8, 4) is 0 Å². The number of hydrogen-bond donors (Lipinski definition) is 0. The smallest absolute Gasteiger partial charge is 0.418 e. The second-order valence-corrected chi connectivity index (χ2v) is 5.90. The Balaban J connectivity index is -0.000000177. The average molecular weight is 530 g/mol. The highest BCUT2D eigenvalue weighted by Gasteiger charge is 2.21. The van der Waals surface area contributed by atoms with Gasteiger partial charge >= 0.3 is 29.0 Å². The highest BCUT2D eigenvalue weighted by Crippen LogP contribution is 2.09. The molecule has 1 aliphatic rings. The van der Waals surface area contributed by atoms with Gasteiger partial charge in [0.05, 0.1) is 6.67 Å². The van der Waals surface area contributed by atoms with E-state index in [2.05, 4.69) is 36.2 Å². The van der Waals surface area contributed by atoms with Crippen molar-refractivity contribution in [3.63, 3.8) is 0 Å². The van der Waals surface area contributed by atoms with Gasteiger partial charge in [0.15, 0.2) is 0 Å². The van der Waals surface area contributed by atoms with E-state index in [4.69, 9.17) is 0 Å². The Hall–Kier alpha value is -1.52. The van der Waals surface area contributed by atoms with Gasteiger partial charge in [0.1, 0.15) is 0 Å². The van der Waals surface area contributed by atoms with Crippen LogP contribution in [0.25, 0.3) is 0 Å². The number of rotatable bonds is 6. The van der Waals surface area contributed by atoms with Crippen molar-refractivity contribution in [1.82, 2.24) is 9.80 Å². The first kappa shape index (κ1) is 38.7. The van der Waals surface area contributed by atoms with Crippen LogP contribution in [0, 0.1) is 0 Å². The van der Waals surface area contributed by atoms with Crippen molar-refractivity contribution in [3.05, 3.63) is 12.4 Å². The summed E-state index contributed by atoms with van der Waals surface area (Å²) in [6.07, 6.45) is 11.2. The van der Waals surface area contributed by atoms with Crippen molar-refractivity contribution in [1.29, 1.82) is 0 Å². The Morgan fingerprint density at radius 2 is 0.848 bits per heavy atom. The predicted molar refractivity (Wildman–Crippen MR) is 98.0 cm³/mol. The van der Waals surface area contributed by atoms with Crippen molar-refractivity contribution in [2.24, 2.45) is 0 Å². The third-order valence-corrected chi connectivity index (χ3v) is 2.49. The van der Waals surface area contributed by atoms with Crippen LogP contribution in [0.4, 0.5) is 69.1 Å². The van der Waals surface area contributed by atoms with Crippen LogP contribution in [0.2, 0.25) is 0 Å². The maximum absolute atomic E-state index is 9.75. The van der Waals surface area contributed by atoms with E-state index in [-0.39, 0.29) is 0 Å². The zero-order valence-corrected chi connectivity index (χ0v) is 17.4. The summed E-state index contributed by atoms with van der Waals surface area (Å²) in [7, 11) is -21.9. The van der Waals surface area contributed by atoms with Gasteiger partial charge in [-0.15, -0.1) is 0 Å². The van der Waals surface area contributed by atoms with Gasteiger partial charge in [0.25, 0.3) is 0 Å². The van der Waals surface area contributed by atoms with Crippen LogP contribution in [0.15, 0.2) is 12.4 Å². The minimum absolute atomic E-state index is 1.08. The second-order valence-electron chi connectivity index (χ2n) is 5.90. The van der Waals surface area contributed by atoms with Crippen molar-refractivity contribution in [2.45, 2.75) is 39.0 Å². The lowest BCUT2D eigenvalue weighted by atomic mass is 10.1. The van der Waals surface area contributed by atoms with E-state index in [1.165, 1.54) is 38.6 Å². The Morgan fingerprint density at radius 3 is 1.09 bits per heavy atom. The van der Waals surface area contributed by atoms with Crippen molar-refractivity contribution < 1.29 is 69.1 Å². The van der Waals surface area contributed by atoms with Gasteiger partial charge in [-0.3, -0.25) is 0 Å². The van der Waals surface area contributed by atoms with Gasteiger partial charge in [-0.25, -0.2) is 0 Å². The zero-order valence-electron chi connectivity index (χ0n) is 17.4. The fraction of sp³-hybridized carbons (Fsp3) is 0.818.